The SMILES string of the molecule is CCOC1(C(=O)CC2CCC2)CCC(C)(C)CC1. The third-order valence-corrected chi connectivity index (χ3v) is 5.04. The molecule has 0 aromatic carbocycles. The van der Waals surface area contributed by atoms with Crippen molar-refractivity contribution in [2.24, 2.45) is 11.3 Å². The summed E-state index contributed by atoms with van der Waals surface area (Å²) >= 11 is 0. The van der Waals surface area contributed by atoms with Crippen molar-refractivity contribution in [1.82, 2.24) is 0 Å². The van der Waals surface area contributed by atoms with Crippen LogP contribution in [0.4, 0.5) is 0 Å². The molecular weight excluding hydrogens is 224 g/mol. The van der Waals surface area contributed by atoms with Gasteiger partial charge in [0.2, 0.25) is 0 Å². The van der Waals surface area contributed by atoms with Gasteiger partial charge in [-0.25, -0.2) is 0 Å². The molecule has 0 aromatic heterocycles. The van der Waals surface area contributed by atoms with E-state index in [1.54, 1.807) is 0 Å². The van der Waals surface area contributed by atoms with Crippen molar-refractivity contribution in [3.8, 4) is 0 Å². The van der Waals surface area contributed by atoms with E-state index in [9.17, 15) is 4.79 Å². The molecule has 2 heteroatoms. The summed E-state index contributed by atoms with van der Waals surface area (Å²) in [7, 11) is 0. The topological polar surface area (TPSA) is 26.3 Å². The van der Waals surface area contributed by atoms with E-state index >= 15 is 0 Å². The molecule has 0 unspecified atom stereocenters. The van der Waals surface area contributed by atoms with E-state index in [1.807, 2.05) is 6.92 Å². The summed E-state index contributed by atoms with van der Waals surface area (Å²) in [6.45, 7) is 7.29. The zero-order chi connectivity index (χ0) is 13.2. The fraction of sp³-hybridized carbons (Fsp3) is 0.938. The Bertz CT molecular complexity index is 292. The molecule has 0 N–H and O–H groups in total. The first-order valence-electron chi connectivity index (χ1n) is 7.65. The third kappa shape index (κ3) is 2.96. The Morgan fingerprint density at radius 2 is 1.78 bits per heavy atom. The van der Waals surface area contributed by atoms with Crippen molar-refractivity contribution in [3.05, 3.63) is 0 Å². The minimum atomic E-state index is -0.431. The van der Waals surface area contributed by atoms with E-state index < -0.39 is 5.60 Å². The molecular formula is C16H28O2. The van der Waals surface area contributed by atoms with E-state index in [4.69, 9.17) is 4.74 Å². The van der Waals surface area contributed by atoms with Gasteiger partial charge in [0.15, 0.2) is 5.78 Å². The lowest BCUT2D eigenvalue weighted by atomic mass is 9.67. The van der Waals surface area contributed by atoms with Crippen LogP contribution >= 0.6 is 0 Å². The van der Waals surface area contributed by atoms with Gasteiger partial charge in [-0.2, -0.15) is 0 Å². The van der Waals surface area contributed by atoms with Crippen LogP contribution in [0.15, 0.2) is 0 Å². The van der Waals surface area contributed by atoms with Crippen LogP contribution in [0.2, 0.25) is 0 Å². The number of ketones is 1. The van der Waals surface area contributed by atoms with Crippen LogP contribution in [0.5, 0.6) is 0 Å². The summed E-state index contributed by atoms with van der Waals surface area (Å²) in [6, 6.07) is 0. The van der Waals surface area contributed by atoms with Gasteiger partial charge in [-0.05, 0) is 43.9 Å². The van der Waals surface area contributed by atoms with Crippen LogP contribution < -0.4 is 0 Å². The highest BCUT2D eigenvalue weighted by molar-refractivity contribution is 5.87. The first-order valence-corrected chi connectivity index (χ1v) is 7.65. The second-order valence-electron chi connectivity index (χ2n) is 7.02. The molecule has 0 atom stereocenters. The quantitative estimate of drug-likeness (QED) is 0.735. The predicted octanol–water partition coefficient (Wildman–Crippen LogP) is 4.12. The maximum Gasteiger partial charge on any atom is 0.164 e. The molecule has 2 aliphatic carbocycles. The van der Waals surface area contributed by atoms with Crippen molar-refractivity contribution >= 4 is 5.78 Å². The molecule has 2 fully saturated rings. The molecule has 0 bridgehead atoms. The van der Waals surface area contributed by atoms with Gasteiger partial charge in [0.05, 0.1) is 0 Å². The second kappa shape index (κ2) is 5.32. The van der Waals surface area contributed by atoms with Crippen LogP contribution in [-0.2, 0) is 9.53 Å². The first kappa shape index (κ1) is 14.0. The van der Waals surface area contributed by atoms with Crippen molar-refractivity contribution in [2.75, 3.05) is 6.61 Å². The molecule has 0 radical (unpaired) electrons. The summed E-state index contributed by atoms with van der Waals surface area (Å²) in [5.41, 5.74) is -0.0444. The molecule has 0 amide bonds. The minimum absolute atomic E-state index is 0.386. The second-order valence-corrected chi connectivity index (χ2v) is 7.02. The molecule has 0 aromatic rings. The van der Waals surface area contributed by atoms with E-state index in [-0.39, 0.29) is 0 Å². The highest BCUT2D eigenvalue weighted by Crippen LogP contribution is 2.44. The Morgan fingerprint density at radius 3 is 2.22 bits per heavy atom. The summed E-state index contributed by atoms with van der Waals surface area (Å²) in [6.07, 6.45) is 8.66. The Hall–Kier alpha value is -0.370. The summed E-state index contributed by atoms with van der Waals surface area (Å²) < 4.78 is 5.95. The molecule has 0 saturated heterocycles. The van der Waals surface area contributed by atoms with E-state index in [0.29, 0.717) is 23.7 Å². The molecule has 0 spiro atoms. The summed E-state index contributed by atoms with van der Waals surface area (Å²) in [5, 5.41) is 0. The van der Waals surface area contributed by atoms with Gasteiger partial charge >= 0.3 is 0 Å². The van der Waals surface area contributed by atoms with Crippen molar-refractivity contribution in [3.63, 3.8) is 0 Å². The van der Waals surface area contributed by atoms with Crippen LogP contribution in [0.1, 0.15) is 72.1 Å². The van der Waals surface area contributed by atoms with Gasteiger partial charge < -0.3 is 4.74 Å². The third-order valence-electron chi connectivity index (χ3n) is 5.04. The van der Waals surface area contributed by atoms with Crippen molar-refractivity contribution in [1.29, 1.82) is 0 Å². The molecule has 0 aliphatic heterocycles. The fourth-order valence-corrected chi connectivity index (χ4v) is 3.26. The normalized spacial score (nSPS) is 26.6. The maximum atomic E-state index is 12.6. The van der Waals surface area contributed by atoms with Crippen LogP contribution in [-0.4, -0.2) is 18.0 Å². The number of hydrogen-bond acceptors (Lipinski definition) is 2. The summed E-state index contributed by atoms with van der Waals surface area (Å²) in [4.78, 5) is 12.6. The number of rotatable bonds is 5. The van der Waals surface area contributed by atoms with Gasteiger partial charge in [-0.1, -0.05) is 33.1 Å². The highest BCUT2D eigenvalue weighted by Gasteiger charge is 2.44. The molecule has 2 aliphatic rings. The number of Topliss-reactive ketones (excluding diaryl/α,β-unsaturated/α-hetero) is 1. The lowest BCUT2D eigenvalue weighted by Crippen LogP contribution is -2.47. The molecule has 18 heavy (non-hydrogen) atoms. The lowest BCUT2D eigenvalue weighted by molar-refractivity contribution is -0.153. The standard InChI is InChI=1S/C16H28O2/c1-4-18-16(10-8-15(2,3)9-11-16)14(17)12-13-6-5-7-13/h13H,4-12H2,1-3H3. The Labute approximate surface area is 111 Å². The average Bonchev–Trinajstić information content (AvgIpc) is 2.27. The monoisotopic (exact) mass is 252 g/mol. The van der Waals surface area contributed by atoms with Gasteiger partial charge in [0, 0.05) is 13.0 Å². The Morgan fingerprint density at radius 1 is 1.17 bits per heavy atom. The molecule has 2 saturated carbocycles. The zero-order valence-corrected chi connectivity index (χ0v) is 12.3. The van der Waals surface area contributed by atoms with Gasteiger partial charge in [0.25, 0.3) is 0 Å². The van der Waals surface area contributed by atoms with Crippen molar-refractivity contribution in [2.45, 2.75) is 77.7 Å². The molecule has 104 valence electrons. The van der Waals surface area contributed by atoms with E-state index in [1.165, 1.54) is 19.3 Å². The number of ether oxygens (including phenoxy) is 1. The van der Waals surface area contributed by atoms with Gasteiger partial charge in [-0.15, -0.1) is 0 Å². The number of carbonyl (C=O) groups excluding carboxylic acids is 1. The molecule has 2 nitrogen and oxygen atoms in total. The predicted molar refractivity (Wildman–Crippen MR) is 73.6 cm³/mol. The van der Waals surface area contributed by atoms with Crippen molar-refractivity contribution < 1.29 is 9.53 Å². The number of carbonyl (C=O) groups is 1. The molecule has 0 heterocycles. The number of hydrogen-bond donors (Lipinski definition) is 0. The highest BCUT2D eigenvalue weighted by atomic mass is 16.5. The van der Waals surface area contributed by atoms with Crippen LogP contribution in [0, 0.1) is 11.3 Å². The Kier molecular flexibility index (Phi) is 4.15. The smallest absolute Gasteiger partial charge is 0.164 e. The van der Waals surface area contributed by atoms with Gasteiger partial charge in [-0.3, -0.25) is 4.79 Å². The largest absolute Gasteiger partial charge is 0.368 e. The molecule has 2 rings (SSSR count). The maximum absolute atomic E-state index is 12.6. The van der Waals surface area contributed by atoms with Gasteiger partial charge in [0.1, 0.15) is 5.60 Å². The first-order chi connectivity index (χ1) is 8.47. The average molecular weight is 252 g/mol. The lowest BCUT2D eigenvalue weighted by Gasteiger charge is -2.43. The fourth-order valence-electron chi connectivity index (χ4n) is 3.26. The van der Waals surface area contributed by atoms with E-state index in [0.717, 1.165) is 32.1 Å². The minimum Gasteiger partial charge on any atom is -0.368 e. The van der Waals surface area contributed by atoms with E-state index in [2.05, 4.69) is 13.8 Å². The van der Waals surface area contributed by atoms with Crippen LogP contribution in [0.3, 0.4) is 0 Å². The summed E-state index contributed by atoms with van der Waals surface area (Å²) in [5.74, 6) is 1.05. The Balaban J connectivity index is 1.99. The van der Waals surface area contributed by atoms with Crippen LogP contribution in [0.25, 0.3) is 0 Å². The zero-order valence-electron chi connectivity index (χ0n) is 12.3.